The van der Waals surface area contributed by atoms with E-state index in [9.17, 15) is 0 Å². The number of hydrogen-bond acceptors (Lipinski definition) is 4. The van der Waals surface area contributed by atoms with Gasteiger partial charge in [0.15, 0.2) is 6.17 Å². The quantitative estimate of drug-likeness (QED) is 0.201. The topological polar surface area (TPSA) is 49.9 Å². The van der Waals surface area contributed by atoms with Gasteiger partial charge in [-0.1, -0.05) is 158 Å². The molecule has 1 atom stereocenters. The lowest BCUT2D eigenvalue weighted by molar-refractivity contribution is 0.669. The molecular weight excluding hydrogens is 623 g/mol. The van der Waals surface area contributed by atoms with Gasteiger partial charge in [-0.2, -0.15) is 0 Å². The van der Waals surface area contributed by atoms with Crippen LogP contribution in [-0.2, 0) is 0 Å². The molecule has 0 amide bonds. The fourth-order valence-electron chi connectivity index (χ4n) is 7.46. The van der Waals surface area contributed by atoms with Crippen LogP contribution in [0.3, 0.4) is 0 Å². The van der Waals surface area contributed by atoms with Crippen molar-refractivity contribution in [3.63, 3.8) is 0 Å². The van der Waals surface area contributed by atoms with Crippen molar-refractivity contribution in [3.8, 4) is 22.3 Å². The molecule has 2 heterocycles. The van der Waals surface area contributed by atoms with Gasteiger partial charge in [0.25, 0.3) is 0 Å². The van der Waals surface area contributed by atoms with Crippen LogP contribution in [0.25, 0.3) is 65.7 Å². The number of hydrogen-bond donors (Lipinski definition) is 1. The zero-order valence-corrected chi connectivity index (χ0v) is 27.6. The van der Waals surface area contributed by atoms with Crippen molar-refractivity contribution >= 4 is 55.2 Å². The monoisotopic (exact) mass is 653 g/mol. The van der Waals surface area contributed by atoms with Crippen molar-refractivity contribution in [1.29, 1.82) is 0 Å². The number of benzene rings is 8. The van der Waals surface area contributed by atoms with Gasteiger partial charge in [-0.05, 0) is 67.6 Å². The first-order valence-corrected chi connectivity index (χ1v) is 17.3. The summed E-state index contributed by atoms with van der Waals surface area (Å²) < 4.78 is 6.46. The van der Waals surface area contributed by atoms with Crippen molar-refractivity contribution in [1.82, 2.24) is 5.32 Å². The second-order valence-corrected chi connectivity index (χ2v) is 13.0. The number of nitrogens with zero attached hydrogens (tertiary/aromatic N) is 2. The van der Waals surface area contributed by atoms with E-state index in [1.54, 1.807) is 0 Å². The average Bonchev–Trinajstić information content (AvgIpc) is 3.59. The SMILES string of the molecule is c1ccc(C2=NC(c3ccc(-c4cccc5ccccc45)cc3)N=C(c3cccc4oc5ccc(-c6cccc7ccccc67)cc5c34)N2)cc1. The van der Waals surface area contributed by atoms with E-state index in [2.05, 4.69) is 151 Å². The van der Waals surface area contributed by atoms with Crippen molar-refractivity contribution in [2.75, 3.05) is 0 Å². The highest BCUT2D eigenvalue weighted by atomic mass is 16.3. The Morgan fingerprint density at radius 2 is 1.00 bits per heavy atom. The summed E-state index contributed by atoms with van der Waals surface area (Å²) in [5.74, 6) is 1.54. The fourth-order valence-corrected chi connectivity index (χ4v) is 7.46. The Labute approximate surface area is 295 Å². The van der Waals surface area contributed by atoms with Crippen molar-refractivity contribution in [2.24, 2.45) is 9.98 Å². The van der Waals surface area contributed by atoms with Crippen LogP contribution >= 0.6 is 0 Å². The maximum atomic E-state index is 6.46. The average molecular weight is 654 g/mol. The van der Waals surface area contributed by atoms with E-state index < -0.39 is 6.17 Å². The van der Waals surface area contributed by atoms with Crippen molar-refractivity contribution < 1.29 is 4.42 Å². The maximum Gasteiger partial charge on any atom is 0.169 e. The van der Waals surface area contributed by atoms with Gasteiger partial charge in [0.05, 0.1) is 0 Å². The van der Waals surface area contributed by atoms with Crippen molar-refractivity contribution in [2.45, 2.75) is 6.17 Å². The maximum absolute atomic E-state index is 6.46. The molecule has 1 N–H and O–H groups in total. The standard InChI is InChI=1S/C47H31N3O/c1-2-13-33(14-3-1)45-48-46(34-25-23-32(24-26-34)38-19-8-15-30-11-4-6-17-36(30)38)50-47(49-45)40-21-10-22-43-44(40)41-29-35(27-28-42(41)51-43)39-20-9-16-31-12-5-7-18-37(31)39/h1-29,46H,(H,48,49,50). The highest BCUT2D eigenvalue weighted by Crippen LogP contribution is 2.38. The molecule has 1 aliphatic heterocycles. The van der Waals surface area contributed by atoms with Crippen LogP contribution in [0.1, 0.15) is 22.9 Å². The molecule has 0 fully saturated rings. The van der Waals surface area contributed by atoms with Crippen LogP contribution in [0.2, 0.25) is 0 Å². The molecule has 4 heteroatoms. The van der Waals surface area contributed by atoms with E-state index >= 15 is 0 Å². The second kappa shape index (κ2) is 12.0. The molecule has 4 nitrogen and oxygen atoms in total. The van der Waals surface area contributed by atoms with Crippen molar-refractivity contribution in [3.05, 3.63) is 193 Å². The van der Waals surface area contributed by atoms with Crippen LogP contribution in [0.5, 0.6) is 0 Å². The minimum atomic E-state index is -0.433. The molecule has 1 aromatic heterocycles. The summed E-state index contributed by atoms with van der Waals surface area (Å²) in [7, 11) is 0. The van der Waals surface area contributed by atoms with Gasteiger partial charge in [0.2, 0.25) is 0 Å². The first kappa shape index (κ1) is 29.2. The first-order valence-electron chi connectivity index (χ1n) is 17.3. The lowest BCUT2D eigenvalue weighted by Crippen LogP contribution is -2.36. The number of amidine groups is 2. The molecular formula is C47H31N3O. The van der Waals surface area contributed by atoms with Crippen LogP contribution in [0.15, 0.2) is 190 Å². The molecule has 10 rings (SSSR count). The van der Waals surface area contributed by atoms with Crippen LogP contribution in [-0.4, -0.2) is 11.7 Å². The summed E-state index contributed by atoms with van der Waals surface area (Å²) >= 11 is 0. The van der Waals surface area contributed by atoms with E-state index in [-0.39, 0.29) is 0 Å². The Kier molecular flexibility index (Phi) is 6.85. The van der Waals surface area contributed by atoms with E-state index in [0.29, 0.717) is 0 Å². The predicted octanol–water partition coefficient (Wildman–Crippen LogP) is 11.7. The van der Waals surface area contributed by atoms with Gasteiger partial charge < -0.3 is 9.73 Å². The Morgan fingerprint density at radius 1 is 0.412 bits per heavy atom. The lowest BCUT2D eigenvalue weighted by Gasteiger charge is -2.23. The lowest BCUT2D eigenvalue weighted by atomic mass is 9.96. The van der Waals surface area contributed by atoms with Crippen LogP contribution < -0.4 is 5.32 Å². The fraction of sp³-hybridized carbons (Fsp3) is 0.0213. The van der Waals surface area contributed by atoms with Gasteiger partial charge in [-0.25, -0.2) is 9.98 Å². The van der Waals surface area contributed by atoms with E-state index in [0.717, 1.165) is 61.4 Å². The molecule has 0 spiro atoms. The Bertz CT molecular complexity index is 2820. The van der Waals surface area contributed by atoms with E-state index in [1.165, 1.54) is 32.7 Å². The van der Waals surface area contributed by atoms with Gasteiger partial charge in [-0.15, -0.1) is 0 Å². The third kappa shape index (κ3) is 5.08. The summed E-state index contributed by atoms with van der Waals surface area (Å²) in [6.45, 7) is 0. The minimum absolute atomic E-state index is 0.433. The smallest absolute Gasteiger partial charge is 0.169 e. The van der Waals surface area contributed by atoms with Crippen LogP contribution in [0.4, 0.5) is 0 Å². The van der Waals surface area contributed by atoms with Gasteiger partial charge in [0.1, 0.15) is 22.8 Å². The molecule has 8 aromatic carbocycles. The summed E-state index contributed by atoms with van der Waals surface area (Å²) in [4.78, 5) is 10.4. The molecule has 1 unspecified atom stereocenters. The molecule has 51 heavy (non-hydrogen) atoms. The normalized spacial score (nSPS) is 14.5. The molecule has 0 bridgehead atoms. The largest absolute Gasteiger partial charge is 0.456 e. The highest BCUT2D eigenvalue weighted by Gasteiger charge is 2.24. The van der Waals surface area contributed by atoms with Crippen LogP contribution in [0, 0.1) is 0 Å². The molecule has 0 aliphatic carbocycles. The molecule has 0 saturated carbocycles. The molecule has 9 aromatic rings. The summed E-state index contributed by atoms with van der Waals surface area (Å²) in [5.41, 5.74) is 9.38. The Balaban J connectivity index is 1.10. The predicted molar refractivity (Wildman–Crippen MR) is 211 cm³/mol. The Hall–Kier alpha value is -6.78. The third-order valence-corrected chi connectivity index (χ3v) is 9.95. The Morgan fingerprint density at radius 3 is 1.75 bits per heavy atom. The van der Waals surface area contributed by atoms with Gasteiger partial charge >= 0.3 is 0 Å². The number of rotatable bonds is 5. The van der Waals surface area contributed by atoms with E-state index in [1.807, 2.05) is 30.3 Å². The summed E-state index contributed by atoms with van der Waals surface area (Å²) in [6.07, 6.45) is -0.433. The van der Waals surface area contributed by atoms with Gasteiger partial charge in [-0.3, -0.25) is 0 Å². The third-order valence-electron chi connectivity index (χ3n) is 9.95. The second-order valence-electron chi connectivity index (χ2n) is 13.0. The van der Waals surface area contributed by atoms with E-state index in [4.69, 9.17) is 14.4 Å². The number of furan rings is 1. The highest BCUT2D eigenvalue weighted by molar-refractivity contribution is 6.23. The number of nitrogens with one attached hydrogen (secondary N) is 1. The van der Waals surface area contributed by atoms with Gasteiger partial charge in [0, 0.05) is 21.9 Å². The number of aliphatic imine (C=N–C) groups is 2. The molecule has 0 saturated heterocycles. The zero-order chi connectivity index (χ0) is 33.7. The molecule has 0 radical (unpaired) electrons. The molecule has 1 aliphatic rings. The summed E-state index contributed by atoms with van der Waals surface area (Å²) in [6, 6.07) is 61.7. The number of fused-ring (bicyclic) bond motifs is 5. The summed E-state index contributed by atoms with van der Waals surface area (Å²) in [5, 5.41) is 10.6. The zero-order valence-electron chi connectivity index (χ0n) is 27.6. The molecule has 240 valence electrons. The minimum Gasteiger partial charge on any atom is -0.456 e. The first-order chi connectivity index (χ1) is 25.3.